The summed E-state index contributed by atoms with van der Waals surface area (Å²) in [5.74, 6) is 1.71. The number of benzene rings is 1. The van der Waals surface area contributed by atoms with Crippen LogP contribution in [0.2, 0.25) is 0 Å². The highest BCUT2D eigenvalue weighted by Crippen LogP contribution is 2.06. The lowest BCUT2D eigenvalue weighted by Crippen LogP contribution is -2.09. The highest BCUT2D eigenvalue weighted by atomic mass is 32.2. The van der Waals surface area contributed by atoms with E-state index in [1.54, 1.807) is 11.8 Å². The van der Waals surface area contributed by atoms with Crippen molar-refractivity contribution < 1.29 is 14.4 Å². The van der Waals surface area contributed by atoms with E-state index in [0.29, 0.717) is 18.7 Å². The molecule has 0 aliphatic heterocycles. The first-order valence-electron chi connectivity index (χ1n) is 5.48. The van der Waals surface area contributed by atoms with Crippen molar-refractivity contribution in [1.29, 1.82) is 0 Å². The lowest BCUT2D eigenvalue weighted by atomic mass is 10.1. The fourth-order valence-electron chi connectivity index (χ4n) is 1.25. The molecule has 0 heterocycles. The molecule has 0 bridgehead atoms. The number of aryl methyl sites for hydroxylation is 1. The third kappa shape index (κ3) is 8.70. The Kier molecular flexibility index (Phi) is 9.87. The predicted molar refractivity (Wildman–Crippen MR) is 71.3 cm³/mol. The number of hydrogen-bond donors (Lipinski definition) is 1. The molecule has 0 unspecified atom stereocenters. The second-order valence-electron chi connectivity index (χ2n) is 3.63. The SMILES string of the molecule is Cc1ccc(CC(=O)CSCCN)cc1.O=C=O. The Labute approximate surface area is 111 Å². The average molecular weight is 267 g/mol. The second-order valence-corrected chi connectivity index (χ2v) is 4.73. The maximum atomic E-state index is 11.5. The Morgan fingerprint density at radius 1 is 1.28 bits per heavy atom. The van der Waals surface area contributed by atoms with E-state index in [1.807, 2.05) is 31.2 Å². The summed E-state index contributed by atoms with van der Waals surface area (Å²) in [6.45, 7) is 2.69. The van der Waals surface area contributed by atoms with E-state index in [-0.39, 0.29) is 11.9 Å². The van der Waals surface area contributed by atoms with Crippen LogP contribution in [0.5, 0.6) is 0 Å². The molecule has 0 aliphatic carbocycles. The van der Waals surface area contributed by atoms with Crippen molar-refractivity contribution in [3.63, 3.8) is 0 Å². The van der Waals surface area contributed by atoms with Crippen molar-refractivity contribution in [2.24, 2.45) is 5.73 Å². The topological polar surface area (TPSA) is 77.2 Å². The molecule has 0 aromatic heterocycles. The van der Waals surface area contributed by atoms with Gasteiger partial charge < -0.3 is 5.73 Å². The maximum Gasteiger partial charge on any atom is 0.373 e. The van der Waals surface area contributed by atoms with Gasteiger partial charge in [-0.3, -0.25) is 4.79 Å². The van der Waals surface area contributed by atoms with Crippen LogP contribution >= 0.6 is 11.8 Å². The van der Waals surface area contributed by atoms with E-state index in [1.165, 1.54) is 5.56 Å². The predicted octanol–water partition coefficient (Wildman–Crippen LogP) is 1.22. The third-order valence-corrected chi connectivity index (χ3v) is 3.10. The lowest BCUT2D eigenvalue weighted by Gasteiger charge is -2.01. The van der Waals surface area contributed by atoms with E-state index in [4.69, 9.17) is 15.3 Å². The number of rotatable bonds is 6. The van der Waals surface area contributed by atoms with Gasteiger partial charge in [0.2, 0.25) is 0 Å². The van der Waals surface area contributed by atoms with Crippen molar-refractivity contribution in [2.75, 3.05) is 18.1 Å². The molecular weight excluding hydrogens is 250 g/mol. The smallest absolute Gasteiger partial charge is 0.330 e. The van der Waals surface area contributed by atoms with Gasteiger partial charge in [0, 0.05) is 18.7 Å². The first-order valence-corrected chi connectivity index (χ1v) is 6.63. The van der Waals surface area contributed by atoms with Crippen LogP contribution in [-0.2, 0) is 20.8 Å². The van der Waals surface area contributed by atoms with Gasteiger partial charge in [0.25, 0.3) is 0 Å². The molecule has 0 atom stereocenters. The first kappa shape index (κ1) is 16.6. The van der Waals surface area contributed by atoms with Crippen LogP contribution in [0.4, 0.5) is 0 Å². The standard InChI is InChI=1S/C12H17NOS.CO2/c1-10-2-4-11(5-3-10)8-12(14)9-15-7-6-13;2-1-3/h2-5H,6-9,13H2,1H3;. The molecule has 1 rings (SSSR count). The summed E-state index contributed by atoms with van der Waals surface area (Å²) in [5.41, 5.74) is 7.67. The number of Topliss-reactive ketones (excluding diaryl/α,β-unsaturated/α-hetero) is 1. The first-order chi connectivity index (χ1) is 8.63. The highest BCUT2D eigenvalue weighted by Gasteiger charge is 2.03. The fourth-order valence-corrected chi connectivity index (χ4v) is 1.89. The second kappa shape index (κ2) is 10.7. The molecule has 0 aliphatic rings. The van der Waals surface area contributed by atoms with Gasteiger partial charge in [0.05, 0.1) is 5.75 Å². The molecule has 1 aromatic rings. The van der Waals surface area contributed by atoms with Gasteiger partial charge in [-0.2, -0.15) is 21.4 Å². The average Bonchev–Trinajstić information content (AvgIpc) is 2.33. The van der Waals surface area contributed by atoms with Crippen LogP contribution in [-0.4, -0.2) is 30.0 Å². The molecule has 5 heteroatoms. The van der Waals surface area contributed by atoms with Crippen LogP contribution < -0.4 is 5.73 Å². The number of ketones is 1. The van der Waals surface area contributed by atoms with Gasteiger partial charge in [0.1, 0.15) is 5.78 Å². The summed E-state index contributed by atoms with van der Waals surface area (Å²) in [6.07, 6.45) is 0.790. The molecule has 4 nitrogen and oxygen atoms in total. The van der Waals surface area contributed by atoms with E-state index < -0.39 is 0 Å². The minimum Gasteiger partial charge on any atom is -0.330 e. The van der Waals surface area contributed by atoms with Crippen LogP contribution in [0.15, 0.2) is 24.3 Å². The molecular formula is C13H17NO3S. The number of hydrogen-bond acceptors (Lipinski definition) is 5. The summed E-state index contributed by atoms with van der Waals surface area (Å²) in [7, 11) is 0. The lowest BCUT2D eigenvalue weighted by molar-refractivity contribution is -0.191. The zero-order chi connectivity index (χ0) is 13.8. The molecule has 1 aromatic carbocycles. The summed E-state index contributed by atoms with van der Waals surface area (Å²) in [6, 6.07) is 8.10. The highest BCUT2D eigenvalue weighted by molar-refractivity contribution is 7.99. The van der Waals surface area contributed by atoms with Crippen LogP contribution in [0.3, 0.4) is 0 Å². The van der Waals surface area contributed by atoms with Crippen LogP contribution in [0, 0.1) is 6.92 Å². The van der Waals surface area contributed by atoms with E-state index in [2.05, 4.69) is 0 Å². The van der Waals surface area contributed by atoms with Gasteiger partial charge >= 0.3 is 6.15 Å². The van der Waals surface area contributed by atoms with Crippen LogP contribution in [0.25, 0.3) is 0 Å². The quantitative estimate of drug-likeness (QED) is 0.784. The van der Waals surface area contributed by atoms with Crippen molar-refractivity contribution in [3.05, 3.63) is 35.4 Å². The van der Waals surface area contributed by atoms with Crippen molar-refractivity contribution >= 4 is 23.7 Å². The molecule has 0 spiro atoms. The Morgan fingerprint density at radius 2 is 1.83 bits per heavy atom. The van der Waals surface area contributed by atoms with Gasteiger partial charge in [0.15, 0.2) is 0 Å². The van der Waals surface area contributed by atoms with Crippen LogP contribution in [0.1, 0.15) is 11.1 Å². The van der Waals surface area contributed by atoms with Gasteiger partial charge in [-0.15, -0.1) is 0 Å². The Balaban J connectivity index is 0.000000873. The van der Waals surface area contributed by atoms with Gasteiger partial charge in [-0.25, -0.2) is 0 Å². The van der Waals surface area contributed by atoms with Crippen molar-refractivity contribution in [1.82, 2.24) is 0 Å². The van der Waals surface area contributed by atoms with Gasteiger partial charge in [-0.1, -0.05) is 29.8 Å². The zero-order valence-electron chi connectivity index (χ0n) is 10.3. The molecule has 2 N–H and O–H groups in total. The molecule has 18 heavy (non-hydrogen) atoms. The Hall–Kier alpha value is -1.42. The van der Waals surface area contributed by atoms with Gasteiger partial charge in [-0.05, 0) is 12.5 Å². The summed E-state index contributed by atoms with van der Waals surface area (Å²) < 4.78 is 0. The molecule has 0 saturated carbocycles. The maximum absolute atomic E-state index is 11.5. The molecule has 98 valence electrons. The number of carbonyl (C=O) groups excluding carboxylic acids is 3. The van der Waals surface area contributed by atoms with E-state index >= 15 is 0 Å². The molecule has 0 saturated heterocycles. The molecule has 0 radical (unpaired) electrons. The Bertz CT molecular complexity index is 384. The normalized spacial score (nSPS) is 9.00. The van der Waals surface area contributed by atoms with E-state index in [9.17, 15) is 4.79 Å². The summed E-state index contributed by atoms with van der Waals surface area (Å²) in [4.78, 5) is 27.8. The molecule has 0 fully saturated rings. The van der Waals surface area contributed by atoms with Crippen molar-refractivity contribution in [2.45, 2.75) is 13.3 Å². The monoisotopic (exact) mass is 267 g/mol. The Morgan fingerprint density at radius 3 is 2.33 bits per heavy atom. The molecule has 0 amide bonds. The number of nitrogens with two attached hydrogens (primary N) is 1. The van der Waals surface area contributed by atoms with Crippen molar-refractivity contribution in [3.8, 4) is 0 Å². The summed E-state index contributed by atoms with van der Waals surface area (Å²) in [5, 5.41) is 0. The number of carbonyl (C=O) groups is 1. The minimum atomic E-state index is 0.250. The number of thioether (sulfide) groups is 1. The fraction of sp³-hybridized carbons (Fsp3) is 0.385. The zero-order valence-corrected chi connectivity index (χ0v) is 11.2. The largest absolute Gasteiger partial charge is 0.373 e. The summed E-state index contributed by atoms with van der Waals surface area (Å²) >= 11 is 1.61. The minimum absolute atomic E-state index is 0.250. The third-order valence-electron chi connectivity index (χ3n) is 2.05. The van der Waals surface area contributed by atoms with E-state index in [0.717, 1.165) is 11.3 Å².